The van der Waals surface area contributed by atoms with Crippen molar-refractivity contribution in [2.75, 3.05) is 26.2 Å². The van der Waals surface area contributed by atoms with E-state index in [1.165, 1.54) is 16.7 Å². The van der Waals surface area contributed by atoms with Gasteiger partial charge in [-0.1, -0.05) is 38.1 Å². The second kappa shape index (κ2) is 6.73. The molecule has 0 radical (unpaired) electrons. The van der Waals surface area contributed by atoms with E-state index in [0.717, 1.165) is 26.2 Å². The first-order valence-electron chi connectivity index (χ1n) is 7.82. The van der Waals surface area contributed by atoms with Gasteiger partial charge in [0.15, 0.2) is 0 Å². The number of nitrogens with one attached hydrogen (secondary N) is 1. The molecular weight excluding hydrogens is 276 g/mol. The zero-order chi connectivity index (χ0) is 14.7. The predicted octanol–water partition coefficient (Wildman–Crippen LogP) is 3.87. The van der Waals surface area contributed by atoms with E-state index in [0.29, 0.717) is 12.0 Å². The number of nitrogens with zero attached hydrogens (tertiary/aromatic N) is 1. The molecule has 1 saturated heterocycles. The number of hydrogen-bond acceptors (Lipinski definition) is 3. The smallest absolute Gasteiger partial charge is 0.0610 e. The van der Waals surface area contributed by atoms with Gasteiger partial charge in [0.2, 0.25) is 0 Å². The molecule has 1 N–H and O–H groups in total. The first-order valence-corrected chi connectivity index (χ1v) is 8.76. The molecule has 21 heavy (non-hydrogen) atoms. The molecule has 2 heterocycles. The Hall–Kier alpha value is -1.16. The molecule has 1 aliphatic rings. The lowest BCUT2D eigenvalue weighted by molar-refractivity contribution is 0.198. The molecule has 2 aromatic rings. The van der Waals surface area contributed by atoms with Crippen LogP contribution in [-0.4, -0.2) is 31.1 Å². The lowest BCUT2D eigenvalue weighted by Crippen LogP contribution is -2.45. The van der Waals surface area contributed by atoms with Gasteiger partial charge >= 0.3 is 0 Å². The van der Waals surface area contributed by atoms with Gasteiger partial charge in [0.25, 0.3) is 0 Å². The molecule has 1 aromatic carbocycles. The second-order valence-electron chi connectivity index (χ2n) is 6.07. The summed E-state index contributed by atoms with van der Waals surface area (Å²) in [5.74, 6) is 0.595. The largest absolute Gasteiger partial charge is 0.314 e. The van der Waals surface area contributed by atoms with Crippen LogP contribution < -0.4 is 5.32 Å². The molecule has 3 rings (SSSR count). The van der Waals surface area contributed by atoms with Gasteiger partial charge in [0.05, 0.1) is 6.04 Å². The fourth-order valence-corrected chi connectivity index (χ4v) is 3.73. The van der Waals surface area contributed by atoms with Crippen molar-refractivity contribution in [2.24, 2.45) is 0 Å². The van der Waals surface area contributed by atoms with E-state index in [-0.39, 0.29) is 0 Å². The maximum absolute atomic E-state index is 3.45. The van der Waals surface area contributed by atoms with Crippen LogP contribution in [0, 0.1) is 0 Å². The molecule has 0 spiro atoms. The standard InChI is InChI=1S/C18H24N2S/c1-14(2)15-3-5-16(6-4-15)18(17-7-12-21-13-17)20-10-8-19-9-11-20/h3-7,12-14,18-19H,8-11H2,1-2H3. The molecule has 112 valence electrons. The summed E-state index contributed by atoms with van der Waals surface area (Å²) in [5.41, 5.74) is 4.27. The predicted molar refractivity (Wildman–Crippen MR) is 91.1 cm³/mol. The third-order valence-corrected chi connectivity index (χ3v) is 5.00. The third kappa shape index (κ3) is 3.37. The Morgan fingerprint density at radius 1 is 0.952 bits per heavy atom. The van der Waals surface area contributed by atoms with Gasteiger partial charge in [-0.15, -0.1) is 0 Å². The average molecular weight is 300 g/mol. The molecule has 1 atom stereocenters. The van der Waals surface area contributed by atoms with E-state index < -0.39 is 0 Å². The Balaban J connectivity index is 1.91. The fraction of sp³-hybridized carbons (Fsp3) is 0.444. The van der Waals surface area contributed by atoms with Crippen molar-refractivity contribution in [3.05, 3.63) is 57.8 Å². The highest BCUT2D eigenvalue weighted by atomic mass is 32.1. The number of rotatable bonds is 4. The van der Waals surface area contributed by atoms with Crippen molar-refractivity contribution in [1.82, 2.24) is 10.2 Å². The SMILES string of the molecule is CC(C)c1ccc(C(c2ccsc2)N2CCNCC2)cc1. The Morgan fingerprint density at radius 2 is 1.62 bits per heavy atom. The fourth-order valence-electron chi connectivity index (χ4n) is 3.05. The molecule has 1 aromatic heterocycles. The maximum Gasteiger partial charge on any atom is 0.0610 e. The summed E-state index contributed by atoms with van der Waals surface area (Å²) in [7, 11) is 0. The van der Waals surface area contributed by atoms with Crippen LogP contribution in [0.5, 0.6) is 0 Å². The number of hydrogen-bond donors (Lipinski definition) is 1. The van der Waals surface area contributed by atoms with Crippen LogP contribution in [0.3, 0.4) is 0 Å². The quantitative estimate of drug-likeness (QED) is 0.922. The van der Waals surface area contributed by atoms with Crippen LogP contribution >= 0.6 is 11.3 Å². The van der Waals surface area contributed by atoms with Gasteiger partial charge in [-0.2, -0.15) is 11.3 Å². The van der Waals surface area contributed by atoms with Crippen molar-refractivity contribution in [2.45, 2.75) is 25.8 Å². The van der Waals surface area contributed by atoms with Crippen LogP contribution in [0.1, 0.15) is 42.5 Å². The molecule has 1 aliphatic heterocycles. The second-order valence-corrected chi connectivity index (χ2v) is 6.85. The summed E-state index contributed by atoms with van der Waals surface area (Å²) in [5, 5.41) is 7.93. The summed E-state index contributed by atoms with van der Waals surface area (Å²) >= 11 is 1.79. The summed E-state index contributed by atoms with van der Waals surface area (Å²) in [6, 6.07) is 11.9. The van der Waals surface area contributed by atoms with E-state index in [1.807, 2.05) is 0 Å². The molecule has 1 unspecified atom stereocenters. The van der Waals surface area contributed by atoms with Crippen molar-refractivity contribution in [3.8, 4) is 0 Å². The van der Waals surface area contributed by atoms with Crippen molar-refractivity contribution >= 4 is 11.3 Å². The van der Waals surface area contributed by atoms with E-state index in [2.05, 4.69) is 65.2 Å². The molecule has 0 amide bonds. The van der Waals surface area contributed by atoms with Crippen molar-refractivity contribution in [1.29, 1.82) is 0 Å². The van der Waals surface area contributed by atoms with E-state index in [4.69, 9.17) is 0 Å². The van der Waals surface area contributed by atoms with Gasteiger partial charge in [-0.25, -0.2) is 0 Å². The minimum atomic E-state index is 0.402. The lowest BCUT2D eigenvalue weighted by atomic mass is 9.95. The molecule has 1 fully saturated rings. The molecule has 0 bridgehead atoms. The maximum atomic E-state index is 3.45. The monoisotopic (exact) mass is 300 g/mol. The first-order chi connectivity index (χ1) is 10.3. The molecule has 0 aliphatic carbocycles. The lowest BCUT2D eigenvalue weighted by Gasteiger charge is -2.35. The third-order valence-electron chi connectivity index (χ3n) is 4.29. The highest BCUT2D eigenvalue weighted by Crippen LogP contribution is 2.31. The Bertz CT molecular complexity index is 539. The normalized spacial score (nSPS) is 18.0. The summed E-state index contributed by atoms with van der Waals surface area (Å²) < 4.78 is 0. The number of thiophene rings is 1. The van der Waals surface area contributed by atoms with Crippen molar-refractivity contribution < 1.29 is 0 Å². The van der Waals surface area contributed by atoms with Gasteiger partial charge < -0.3 is 5.32 Å². The van der Waals surface area contributed by atoms with Crippen LogP contribution in [0.2, 0.25) is 0 Å². The Labute approximate surface area is 131 Å². The molecule has 3 heteroatoms. The average Bonchev–Trinajstić information content (AvgIpc) is 3.03. The van der Waals surface area contributed by atoms with Crippen LogP contribution in [-0.2, 0) is 0 Å². The Morgan fingerprint density at radius 3 is 2.19 bits per heavy atom. The van der Waals surface area contributed by atoms with E-state index in [1.54, 1.807) is 11.3 Å². The topological polar surface area (TPSA) is 15.3 Å². The van der Waals surface area contributed by atoms with Crippen LogP contribution in [0.15, 0.2) is 41.1 Å². The van der Waals surface area contributed by atoms with Gasteiger partial charge in [0, 0.05) is 26.2 Å². The van der Waals surface area contributed by atoms with Crippen LogP contribution in [0.25, 0.3) is 0 Å². The van der Waals surface area contributed by atoms with Gasteiger partial charge in [0.1, 0.15) is 0 Å². The molecular formula is C18H24N2S. The highest BCUT2D eigenvalue weighted by molar-refractivity contribution is 7.08. The molecule has 0 saturated carbocycles. The van der Waals surface area contributed by atoms with Gasteiger partial charge in [-0.05, 0) is 39.4 Å². The Kier molecular flexibility index (Phi) is 4.73. The minimum Gasteiger partial charge on any atom is -0.314 e. The summed E-state index contributed by atoms with van der Waals surface area (Å²) in [4.78, 5) is 2.60. The summed E-state index contributed by atoms with van der Waals surface area (Å²) in [6.07, 6.45) is 0. The zero-order valence-electron chi connectivity index (χ0n) is 12.9. The van der Waals surface area contributed by atoms with Crippen LogP contribution in [0.4, 0.5) is 0 Å². The van der Waals surface area contributed by atoms with Gasteiger partial charge in [-0.3, -0.25) is 4.90 Å². The first kappa shape index (κ1) is 14.8. The number of piperazine rings is 1. The minimum absolute atomic E-state index is 0.402. The van der Waals surface area contributed by atoms with E-state index in [9.17, 15) is 0 Å². The zero-order valence-corrected chi connectivity index (χ0v) is 13.7. The summed E-state index contributed by atoms with van der Waals surface area (Å²) in [6.45, 7) is 8.91. The van der Waals surface area contributed by atoms with E-state index >= 15 is 0 Å². The van der Waals surface area contributed by atoms with Crippen molar-refractivity contribution in [3.63, 3.8) is 0 Å². The molecule has 2 nitrogen and oxygen atoms in total. The number of benzene rings is 1. The highest BCUT2D eigenvalue weighted by Gasteiger charge is 2.24.